The average Bonchev–Trinajstić information content (AvgIpc) is 3.12. The third kappa shape index (κ3) is 4.19. The van der Waals surface area contributed by atoms with Gasteiger partial charge in [-0.1, -0.05) is 29.8 Å². The van der Waals surface area contributed by atoms with Crippen molar-refractivity contribution in [2.24, 2.45) is 0 Å². The van der Waals surface area contributed by atoms with Crippen molar-refractivity contribution >= 4 is 50.2 Å². The number of anilines is 2. The number of rotatable bonds is 5. The summed E-state index contributed by atoms with van der Waals surface area (Å²) >= 11 is 7.40. The van der Waals surface area contributed by atoms with Gasteiger partial charge in [0.2, 0.25) is 0 Å². The molecule has 0 aliphatic heterocycles. The summed E-state index contributed by atoms with van der Waals surface area (Å²) in [6.45, 7) is 0. The van der Waals surface area contributed by atoms with Crippen molar-refractivity contribution in [1.29, 1.82) is 0 Å². The lowest BCUT2D eigenvalue weighted by Gasteiger charge is -2.11. The first kappa shape index (κ1) is 17.5. The van der Waals surface area contributed by atoms with Crippen molar-refractivity contribution < 1.29 is 13.2 Å². The van der Waals surface area contributed by atoms with Crippen LogP contribution < -0.4 is 10.0 Å². The van der Waals surface area contributed by atoms with E-state index < -0.39 is 10.0 Å². The minimum absolute atomic E-state index is 0.0236. The fraction of sp³-hybridized carbons (Fsp3) is 0. The van der Waals surface area contributed by atoms with E-state index in [1.807, 2.05) is 0 Å². The largest absolute Gasteiger partial charge is 0.322 e. The van der Waals surface area contributed by atoms with E-state index in [1.54, 1.807) is 53.2 Å². The molecule has 0 saturated carbocycles. The van der Waals surface area contributed by atoms with Crippen molar-refractivity contribution in [3.05, 3.63) is 75.9 Å². The van der Waals surface area contributed by atoms with Crippen molar-refractivity contribution in [1.82, 2.24) is 0 Å². The highest BCUT2D eigenvalue weighted by Gasteiger charge is 2.16. The molecule has 8 heteroatoms. The van der Waals surface area contributed by atoms with E-state index in [1.165, 1.54) is 23.5 Å². The van der Waals surface area contributed by atoms with Crippen LogP contribution in [0.4, 0.5) is 11.4 Å². The Hall–Kier alpha value is -2.35. The van der Waals surface area contributed by atoms with Crippen molar-refractivity contribution in [3.63, 3.8) is 0 Å². The topological polar surface area (TPSA) is 75.3 Å². The number of sulfonamides is 1. The Morgan fingerprint density at radius 2 is 1.84 bits per heavy atom. The number of halogens is 1. The molecule has 0 unspecified atom stereocenters. The molecule has 0 spiro atoms. The summed E-state index contributed by atoms with van der Waals surface area (Å²) in [5.74, 6) is -0.296. The zero-order chi connectivity index (χ0) is 17.9. The van der Waals surface area contributed by atoms with Crippen molar-refractivity contribution in [2.45, 2.75) is 4.90 Å². The minimum Gasteiger partial charge on any atom is -0.322 e. The zero-order valence-electron chi connectivity index (χ0n) is 12.8. The Morgan fingerprint density at radius 3 is 2.56 bits per heavy atom. The Bertz CT molecular complexity index is 1000. The van der Waals surface area contributed by atoms with Crippen LogP contribution >= 0.6 is 22.9 Å². The molecular formula is C17H13ClN2O3S2. The number of nitrogens with one attached hydrogen (secondary N) is 2. The van der Waals surface area contributed by atoms with Gasteiger partial charge in [-0.2, -0.15) is 11.3 Å². The first-order chi connectivity index (χ1) is 12.0. The maximum atomic E-state index is 12.5. The van der Waals surface area contributed by atoms with Gasteiger partial charge in [0.1, 0.15) is 0 Å². The van der Waals surface area contributed by atoms with Crippen LogP contribution in [0, 0.1) is 0 Å². The lowest BCUT2D eigenvalue weighted by atomic mass is 10.3. The summed E-state index contributed by atoms with van der Waals surface area (Å²) in [6.07, 6.45) is 0. The summed E-state index contributed by atoms with van der Waals surface area (Å²) in [6, 6.07) is 14.3. The van der Waals surface area contributed by atoms with Gasteiger partial charge in [0, 0.05) is 11.1 Å². The van der Waals surface area contributed by atoms with Gasteiger partial charge in [-0.25, -0.2) is 8.42 Å². The van der Waals surface area contributed by atoms with Gasteiger partial charge in [0.15, 0.2) is 0 Å². The summed E-state index contributed by atoms with van der Waals surface area (Å²) in [4.78, 5) is 12.1. The molecule has 128 valence electrons. The fourth-order valence-corrected chi connectivity index (χ4v) is 4.09. The summed E-state index contributed by atoms with van der Waals surface area (Å²) < 4.78 is 27.5. The van der Waals surface area contributed by atoms with Gasteiger partial charge in [-0.15, -0.1) is 0 Å². The van der Waals surface area contributed by atoms with Crippen LogP contribution in [0.5, 0.6) is 0 Å². The minimum atomic E-state index is -3.83. The maximum absolute atomic E-state index is 12.5. The quantitative estimate of drug-likeness (QED) is 0.673. The van der Waals surface area contributed by atoms with E-state index >= 15 is 0 Å². The van der Waals surface area contributed by atoms with Crippen LogP contribution in [0.3, 0.4) is 0 Å². The van der Waals surface area contributed by atoms with E-state index in [9.17, 15) is 13.2 Å². The number of hydrogen-bond acceptors (Lipinski definition) is 4. The second-order valence-corrected chi connectivity index (χ2v) is 7.95. The molecule has 0 fully saturated rings. The van der Waals surface area contributed by atoms with E-state index in [2.05, 4.69) is 10.0 Å². The van der Waals surface area contributed by atoms with Crippen LogP contribution in [0.15, 0.2) is 70.3 Å². The molecule has 2 N–H and O–H groups in total. The Kier molecular flexibility index (Phi) is 5.08. The summed E-state index contributed by atoms with van der Waals surface area (Å²) in [5.41, 5.74) is 1.20. The molecule has 0 aliphatic rings. The molecule has 0 radical (unpaired) electrons. The molecule has 3 aromatic rings. The Labute approximate surface area is 154 Å². The number of hydrogen-bond donors (Lipinski definition) is 2. The molecule has 2 aromatic carbocycles. The van der Waals surface area contributed by atoms with Gasteiger partial charge in [0.25, 0.3) is 15.9 Å². The third-order valence-corrected chi connectivity index (χ3v) is 5.68. The molecule has 1 heterocycles. The Balaban J connectivity index is 1.83. The first-order valence-corrected chi connectivity index (χ1v) is 9.97. The van der Waals surface area contributed by atoms with Crippen LogP contribution in [0.25, 0.3) is 0 Å². The van der Waals surface area contributed by atoms with Crippen LogP contribution in [-0.4, -0.2) is 14.3 Å². The predicted octanol–water partition coefficient (Wildman–Crippen LogP) is 4.45. The molecule has 0 aliphatic carbocycles. The van der Waals surface area contributed by atoms with Gasteiger partial charge < -0.3 is 5.32 Å². The van der Waals surface area contributed by atoms with Crippen LogP contribution in [-0.2, 0) is 10.0 Å². The molecule has 1 aromatic heterocycles. The second kappa shape index (κ2) is 7.26. The monoisotopic (exact) mass is 392 g/mol. The predicted molar refractivity (Wildman–Crippen MR) is 101 cm³/mol. The van der Waals surface area contributed by atoms with Crippen molar-refractivity contribution in [2.75, 3.05) is 10.0 Å². The summed E-state index contributed by atoms with van der Waals surface area (Å²) in [5, 5.41) is 6.49. The molecule has 0 saturated heterocycles. The number of benzene rings is 2. The lowest BCUT2D eigenvalue weighted by Crippen LogP contribution is -2.15. The molecule has 0 bridgehead atoms. The highest BCUT2D eigenvalue weighted by molar-refractivity contribution is 7.92. The number of carbonyl (C=O) groups excluding carboxylic acids is 1. The molecule has 1 amide bonds. The highest BCUT2D eigenvalue weighted by Crippen LogP contribution is 2.25. The van der Waals surface area contributed by atoms with Crippen molar-refractivity contribution in [3.8, 4) is 0 Å². The van der Waals surface area contributed by atoms with Crippen LogP contribution in [0.1, 0.15) is 10.4 Å². The standard InChI is InChI=1S/C17H13ClN2O3S2/c18-15-6-1-2-7-16(15)20-25(22,23)14-5-3-4-13(10-14)19-17(21)12-8-9-24-11-12/h1-11,20H,(H,19,21). The smallest absolute Gasteiger partial charge is 0.262 e. The molecule has 0 atom stereocenters. The molecule has 5 nitrogen and oxygen atoms in total. The average molecular weight is 393 g/mol. The number of thiophene rings is 1. The van der Waals surface area contributed by atoms with Gasteiger partial charge in [-0.3, -0.25) is 9.52 Å². The van der Waals surface area contributed by atoms with Gasteiger partial charge in [-0.05, 0) is 41.8 Å². The summed E-state index contributed by atoms with van der Waals surface area (Å²) in [7, 11) is -3.83. The zero-order valence-corrected chi connectivity index (χ0v) is 15.2. The molecule has 3 rings (SSSR count). The van der Waals surface area contributed by atoms with E-state index in [-0.39, 0.29) is 16.5 Å². The van der Waals surface area contributed by atoms with E-state index in [4.69, 9.17) is 11.6 Å². The second-order valence-electron chi connectivity index (χ2n) is 5.08. The normalized spacial score (nSPS) is 11.1. The fourth-order valence-electron chi connectivity index (χ4n) is 2.09. The molecule has 25 heavy (non-hydrogen) atoms. The molecular weight excluding hydrogens is 380 g/mol. The number of para-hydroxylation sites is 1. The first-order valence-electron chi connectivity index (χ1n) is 7.17. The van der Waals surface area contributed by atoms with E-state index in [0.717, 1.165) is 0 Å². The van der Waals surface area contributed by atoms with Gasteiger partial charge >= 0.3 is 0 Å². The van der Waals surface area contributed by atoms with E-state index in [0.29, 0.717) is 16.3 Å². The third-order valence-electron chi connectivity index (χ3n) is 3.30. The van der Waals surface area contributed by atoms with Gasteiger partial charge in [0.05, 0.1) is 21.2 Å². The maximum Gasteiger partial charge on any atom is 0.262 e. The number of amides is 1. The van der Waals surface area contributed by atoms with Crippen LogP contribution in [0.2, 0.25) is 5.02 Å². The SMILES string of the molecule is O=C(Nc1cccc(S(=O)(=O)Nc2ccccc2Cl)c1)c1ccsc1. The Morgan fingerprint density at radius 1 is 1.04 bits per heavy atom. The highest BCUT2D eigenvalue weighted by atomic mass is 35.5. The lowest BCUT2D eigenvalue weighted by molar-refractivity contribution is 0.102. The number of carbonyl (C=O) groups is 1.